The molecule has 1 rings (SSSR count). The molecule has 1 aromatic carbocycles. The molecule has 2 nitrogen and oxygen atoms in total. The molecular formula is C14H19Cl2NO. The maximum atomic E-state index is 12.2. The Morgan fingerprint density at radius 2 is 1.67 bits per heavy atom. The van der Waals surface area contributed by atoms with Crippen molar-refractivity contribution in [2.24, 2.45) is 11.8 Å². The first kappa shape index (κ1) is 15.3. The number of benzene rings is 1. The highest BCUT2D eigenvalue weighted by atomic mass is 35.5. The average Bonchev–Trinajstić information content (AvgIpc) is 2.24. The first-order valence-electron chi connectivity index (χ1n) is 6.08. The third-order valence-corrected chi connectivity index (χ3v) is 3.46. The SMILES string of the molecule is CC(C)C(NC(=O)c1ccc(Cl)cc1Cl)C(C)C. The van der Waals surface area contributed by atoms with Crippen molar-refractivity contribution < 1.29 is 4.79 Å². The van der Waals surface area contributed by atoms with Crippen molar-refractivity contribution in [2.75, 3.05) is 0 Å². The van der Waals surface area contributed by atoms with E-state index in [9.17, 15) is 4.79 Å². The molecule has 1 aromatic rings. The van der Waals surface area contributed by atoms with E-state index in [1.165, 1.54) is 0 Å². The van der Waals surface area contributed by atoms with Crippen molar-refractivity contribution in [1.82, 2.24) is 5.32 Å². The molecule has 18 heavy (non-hydrogen) atoms. The molecule has 0 radical (unpaired) electrons. The van der Waals surface area contributed by atoms with Crippen molar-refractivity contribution in [2.45, 2.75) is 33.7 Å². The van der Waals surface area contributed by atoms with Gasteiger partial charge in [-0.3, -0.25) is 4.79 Å². The van der Waals surface area contributed by atoms with Crippen molar-refractivity contribution in [1.29, 1.82) is 0 Å². The second-order valence-corrected chi connectivity index (χ2v) is 5.96. The van der Waals surface area contributed by atoms with E-state index in [0.29, 0.717) is 27.4 Å². The predicted octanol–water partition coefficient (Wildman–Crippen LogP) is 4.40. The van der Waals surface area contributed by atoms with Crippen molar-refractivity contribution in [3.63, 3.8) is 0 Å². The Labute approximate surface area is 119 Å². The largest absolute Gasteiger partial charge is 0.349 e. The summed E-state index contributed by atoms with van der Waals surface area (Å²) in [6, 6.07) is 5.03. The smallest absolute Gasteiger partial charge is 0.253 e. The molecule has 0 bridgehead atoms. The molecule has 0 saturated carbocycles. The summed E-state index contributed by atoms with van der Waals surface area (Å²) in [5, 5.41) is 3.94. The number of rotatable bonds is 4. The summed E-state index contributed by atoms with van der Waals surface area (Å²) in [5.74, 6) is 0.601. The molecule has 1 N–H and O–H groups in total. The number of carbonyl (C=O) groups is 1. The maximum Gasteiger partial charge on any atom is 0.253 e. The van der Waals surface area contributed by atoms with Gasteiger partial charge in [0.2, 0.25) is 0 Å². The Hall–Kier alpha value is -0.730. The fourth-order valence-corrected chi connectivity index (χ4v) is 2.50. The molecule has 0 spiro atoms. The Balaban J connectivity index is 2.87. The minimum Gasteiger partial charge on any atom is -0.349 e. The van der Waals surface area contributed by atoms with E-state index in [-0.39, 0.29) is 11.9 Å². The van der Waals surface area contributed by atoms with Crippen LogP contribution in [0.2, 0.25) is 10.0 Å². The van der Waals surface area contributed by atoms with Gasteiger partial charge in [-0.05, 0) is 30.0 Å². The highest BCUT2D eigenvalue weighted by molar-refractivity contribution is 6.36. The van der Waals surface area contributed by atoms with Gasteiger partial charge in [-0.25, -0.2) is 0 Å². The summed E-state index contributed by atoms with van der Waals surface area (Å²) in [5.41, 5.74) is 0.465. The lowest BCUT2D eigenvalue weighted by Crippen LogP contribution is -2.42. The molecule has 0 aliphatic heterocycles. The van der Waals surface area contributed by atoms with Gasteiger partial charge in [-0.1, -0.05) is 50.9 Å². The molecule has 0 atom stereocenters. The number of carbonyl (C=O) groups excluding carboxylic acids is 1. The second kappa shape index (κ2) is 6.44. The average molecular weight is 288 g/mol. The Morgan fingerprint density at radius 3 is 2.11 bits per heavy atom. The number of hydrogen-bond acceptors (Lipinski definition) is 1. The molecule has 0 aromatic heterocycles. The summed E-state index contributed by atoms with van der Waals surface area (Å²) in [6.07, 6.45) is 0. The number of amides is 1. The van der Waals surface area contributed by atoms with E-state index in [2.05, 4.69) is 33.0 Å². The van der Waals surface area contributed by atoms with Gasteiger partial charge in [0.15, 0.2) is 0 Å². The molecule has 0 saturated heterocycles. The molecule has 0 heterocycles. The van der Waals surface area contributed by atoms with Crippen LogP contribution in [0.5, 0.6) is 0 Å². The standard InChI is InChI=1S/C14H19Cl2NO/c1-8(2)13(9(3)4)17-14(18)11-6-5-10(15)7-12(11)16/h5-9,13H,1-4H3,(H,17,18). The first-order chi connectivity index (χ1) is 8.32. The highest BCUT2D eigenvalue weighted by Crippen LogP contribution is 2.22. The molecule has 0 aliphatic rings. The Morgan fingerprint density at radius 1 is 1.11 bits per heavy atom. The minimum atomic E-state index is -0.149. The van der Waals surface area contributed by atoms with Crippen LogP contribution < -0.4 is 5.32 Å². The van der Waals surface area contributed by atoms with Gasteiger partial charge >= 0.3 is 0 Å². The van der Waals surface area contributed by atoms with Gasteiger partial charge in [0, 0.05) is 11.1 Å². The molecule has 4 heteroatoms. The zero-order valence-electron chi connectivity index (χ0n) is 11.1. The number of hydrogen-bond donors (Lipinski definition) is 1. The zero-order valence-corrected chi connectivity index (χ0v) is 12.6. The van der Waals surface area contributed by atoms with E-state index >= 15 is 0 Å². The van der Waals surface area contributed by atoms with Gasteiger partial charge in [0.25, 0.3) is 5.91 Å². The third-order valence-electron chi connectivity index (χ3n) is 2.91. The quantitative estimate of drug-likeness (QED) is 0.874. The number of halogens is 2. The molecule has 0 fully saturated rings. The zero-order chi connectivity index (χ0) is 13.9. The van der Waals surface area contributed by atoms with Gasteiger partial charge < -0.3 is 5.32 Å². The van der Waals surface area contributed by atoms with Crippen LogP contribution in [-0.2, 0) is 0 Å². The highest BCUT2D eigenvalue weighted by Gasteiger charge is 2.21. The van der Waals surface area contributed by atoms with E-state index in [4.69, 9.17) is 23.2 Å². The van der Waals surface area contributed by atoms with Crippen LogP contribution in [0.3, 0.4) is 0 Å². The van der Waals surface area contributed by atoms with Gasteiger partial charge in [-0.2, -0.15) is 0 Å². The predicted molar refractivity (Wildman–Crippen MR) is 77.4 cm³/mol. The maximum absolute atomic E-state index is 12.2. The first-order valence-corrected chi connectivity index (χ1v) is 6.84. The monoisotopic (exact) mass is 287 g/mol. The van der Waals surface area contributed by atoms with Gasteiger partial charge in [0.05, 0.1) is 10.6 Å². The molecular weight excluding hydrogens is 269 g/mol. The van der Waals surface area contributed by atoms with Crippen LogP contribution in [0.15, 0.2) is 18.2 Å². The normalized spacial score (nSPS) is 11.4. The summed E-state index contributed by atoms with van der Waals surface area (Å²) < 4.78 is 0. The van der Waals surface area contributed by atoms with Crippen LogP contribution in [0.25, 0.3) is 0 Å². The van der Waals surface area contributed by atoms with Crippen molar-refractivity contribution in [3.05, 3.63) is 33.8 Å². The van der Waals surface area contributed by atoms with Crippen LogP contribution in [0.4, 0.5) is 0 Å². The Kier molecular flexibility index (Phi) is 5.48. The topological polar surface area (TPSA) is 29.1 Å². The lowest BCUT2D eigenvalue weighted by molar-refractivity contribution is 0.0910. The molecule has 0 unspecified atom stereocenters. The lowest BCUT2D eigenvalue weighted by Gasteiger charge is -2.26. The van der Waals surface area contributed by atoms with E-state index < -0.39 is 0 Å². The van der Waals surface area contributed by atoms with Crippen LogP contribution >= 0.6 is 23.2 Å². The fourth-order valence-electron chi connectivity index (χ4n) is 2.01. The summed E-state index contributed by atoms with van der Waals surface area (Å²) in [4.78, 5) is 12.2. The summed E-state index contributed by atoms with van der Waals surface area (Å²) in [6.45, 7) is 8.37. The Bertz CT molecular complexity index is 422. The van der Waals surface area contributed by atoms with Gasteiger partial charge in [-0.15, -0.1) is 0 Å². The summed E-state index contributed by atoms with van der Waals surface area (Å²) in [7, 11) is 0. The minimum absolute atomic E-state index is 0.129. The molecule has 1 amide bonds. The van der Waals surface area contributed by atoms with Gasteiger partial charge in [0.1, 0.15) is 0 Å². The second-order valence-electron chi connectivity index (χ2n) is 5.11. The fraction of sp³-hybridized carbons (Fsp3) is 0.500. The van der Waals surface area contributed by atoms with Crippen LogP contribution in [0.1, 0.15) is 38.1 Å². The van der Waals surface area contributed by atoms with E-state index in [1.54, 1.807) is 18.2 Å². The van der Waals surface area contributed by atoms with E-state index in [0.717, 1.165) is 0 Å². The number of nitrogens with one attached hydrogen (secondary N) is 1. The van der Waals surface area contributed by atoms with Crippen molar-refractivity contribution in [3.8, 4) is 0 Å². The van der Waals surface area contributed by atoms with E-state index in [1.807, 2.05) is 0 Å². The summed E-state index contributed by atoms with van der Waals surface area (Å²) >= 11 is 11.8. The molecule has 0 aliphatic carbocycles. The third kappa shape index (κ3) is 3.89. The van der Waals surface area contributed by atoms with Crippen LogP contribution in [0, 0.1) is 11.8 Å². The lowest BCUT2D eigenvalue weighted by atomic mass is 9.93. The van der Waals surface area contributed by atoms with Crippen molar-refractivity contribution >= 4 is 29.1 Å². The van der Waals surface area contributed by atoms with Crippen LogP contribution in [-0.4, -0.2) is 11.9 Å². The molecule has 100 valence electrons.